The van der Waals surface area contributed by atoms with Gasteiger partial charge >= 0.3 is 5.97 Å². The van der Waals surface area contributed by atoms with E-state index in [0.29, 0.717) is 6.61 Å². The third-order valence-electron chi connectivity index (χ3n) is 5.68. The van der Waals surface area contributed by atoms with E-state index in [1.807, 2.05) is 6.92 Å². The SMILES string of the molecule is CCOC(=O)C1=C(C)CCc2ccc(C3(c4ccccc4)CC3)cc21. The van der Waals surface area contributed by atoms with Crippen LogP contribution in [0.15, 0.2) is 54.1 Å². The number of benzene rings is 2. The molecule has 25 heavy (non-hydrogen) atoms. The van der Waals surface area contributed by atoms with E-state index in [9.17, 15) is 4.79 Å². The Morgan fingerprint density at radius 2 is 1.80 bits per heavy atom. The molecule has 0 radical (unpaired) electrons. The highest BCUT2D eigenvalue weighted by molar-refractivity contribution is 6.18. The second kappa shape index (κ2) is 6.18. The number of esters is 1. The fourth-order valence-corrected chi connectivity index (χ4v) is 4.12. The van der Waals surface area contributed by atoms with Crippen molar-refractivity contribution in [3.05, 3.63) is 76.4 Å². The van der Waals surface area contributed by atoms with Crippen LogP contribution in [-0.4, -0.2) is 12.6 Å². The van der Waals surface area contributed by atoms with Gasteiger partial charge < -0.3 is 4.74 Å². The number of fused-ring (bicyclic) bond motifs is 1. The standard InChI is InChI=1S/C23H24O2/c1-3-25-22(24)21-16(2)9-10-17-11-12-19(15-20(17)21)23(13-14-23)18-7-5-4-6-8-18/h4-8,11-12,15H,3,9-10,13-14H2,1-2H3. The lowest BCUT2D eigenvalue weighted by molar-refractivity contribution is -0.136. The Kier molecular flexibility index (Phi) is 3.99. The van der Waals surface area contributed by atoms with Crippen molar-refractivity contribution in [2.45, 2.75) is 44.9 Å². The summed E-state index contributed by atoms with van der Waals surface area (Å²) in [7, 11) is 0. The molecular weight excluding hydrogens is 308 g/mol. The van der Waals surface area contributed by atoms with E-state index in [0.717, 1.165) is 29.6 Å². The van der Waals surface area contributed by atoms with E-state index in [-0.39, 0.29) is 11.4 Å². The van der Waals surface area contributed by atoms with Crippen molar-refractivity contribution in [2.75, 3.05) is 6.61 Å². The van der Waals surface area contributed by atoms with Crippen LogP contribution in [0, 0.1) is 0 Å². The number of ether oxygens (including phenoxy) is 1. The first-order chi connectivity index (χ1) is 12.2. The van der Waals surface area contributed by atoms with Gasteiger partial charge in [-0.3, -0.25) is 0 Å². The summed E-state index contributed by atoms with van der Waals surface area (Å²) in [6.07, 6.45) is 4.29. The number of rotatable bonds is 4. The van der Waals surface area contributed by atoms with Crippen molar-refractivity contribution in [1.29, 1.82) is 0 Å². The van der Waals surface area contributed by atoms with Crippen LogP contribution < -0.4 is 0 Å². The van der Waals surface area contributed by atoms with Gasteiger partial charge in [-0.1, -0.05) is 48.0 Å². The van der Waals surface area contributed by atoms with Gasteiger partial charge in [0.25, 0.3) is 0 Å². The molecule has 2 aliphatic rings. The summed E-state index contributed by atoms with van der Waals surface area (Å²) < 4.78 is 5.34. The molecule has 4 rings (SSSR count). The minimum absolute atomic E-state index is 0.126. The Balaban J connectivity index is 1.79. The molecule has 2 nitrogen and oxygen atoms in total. The zero-order valence-electron chi connectivity index (χ0n) is 15.0. The van der Waals surface area contributed by atoms with Gasteiger partial charge in [-0.15, -0.1) is 0 Å². The largest absolute Gasteiger partial charge is 0.462 e. The maximum Gasteiger partial charge on any atom is 0.338 e. The van der Waals surface area contributed by atoms with Gasteiger partial charge in [-0.25, -0.2) is 4.79 Å². The van der Waals surface area contributed by atoms with E-state index in [1.54, 1.807) is 0 Å². The average Bonchev–Trinajstić information content (AvgIpc) is 3.44. The van der Waals surface area contributed by atoms with Gasteiger partial charge in [0.2, 0.25) is 0 Å². The molecular formula is C23H24O2. The minimum atomic E-state index is -0.178. The van der Waals surface area contributed by atoms with Crippen LogP contribution in [0.3, 0.4) is 0 Å². The number of allylic oxidation sites excluding steroid dienone is 1. The molecule has 128 valence electrons. The van der Waals surface area contributed by atoms with Gasteiger partial charge in [0.05, 0.1) is 12.2 Å². The second-order valence-electron chi connectivity index (χ2n) is 7.20. The van der Waals surface area contributed by atoms with Crippen molar-refractivity contribution in [2.24, 2.45) is 0 Å². The topological polar surface area (TPSA) is 26.3 Å². The summed E-state index contributed by atoms with van der Waals surface area (Å²) in [6, 6.07) is 17.5. The van der Waals surface area contributed by atoms with E-state index in [1.165, 1.54) is 29.5 Å². The fraction of sp³-hybridized carbons (Fsp3) is 0.348. The minimum Gasteiger partial charge on any atom is -0.462 e. The third kappa shape index (κ3) is 2.70. The smallest absolute Gasteiger partial charge is 0.338 e. The number of carbonyl (C=O) groups is 1. The maximum atomic E-state index is 12.5. The summed E-state index contributed by atoms with van der Waals surface area (Å²) in [5.74, 6) is -0.178. The molecule has 2 aliphatic carbocycles. The molecule has 2 aromatic carbocycles. The lowest BCUT2D eigenvalue weighted by Gasteiger charge is -2.24. The highest BCUT2D eigenvalue weighted by Gasteiger charge is 2.46. The van der Waals surface area contributed by atoms with Gasteiger partial charge in [-0.05, 0) is 67.9 Å². The molecule has 0 bridgehead atoms. The van der Waals surface area contributed by atoms with Crippen molar-refractivity contribution in [3.8, 4) is 0 Å². The number of aryl methyl sites for hydroxylation is 1. The Labute approximate surface area is 149 Å². The highest BCUT2D eigenvalue weighted by atomic mass is 16.5. The monoisotopic (exact) mass is 332 g/mol. The lowest BCUT2D eigenvalue weighted by Crippen LogP contribution is -2.16. The molecule has 0 unspecified atom stereocenters. The van der Waals surface area contributed by atoms with E-state index in [4.69, 9.17) is 4.74 Å². The molecule has 2 heteroatoms. The van der Waals surface area contributed by atoms with Crippen LogP contribution in [0.2, 0.25) is 0 Å². The number of hydrogen-bond donors (Lipinski definition) is 0. The zero-order chi connectivity index (χ0) is 17.4. The second-order valence-corrected chi connectivity index (χ2v) is 7.20. The van der Waals surface area contributed by atoms with Crippen molar-refractivity contribution in [3.63, 3.8) is 0 Å². The summed E-state index contributed by atoms with van der Waals surface area (Å²) >= 11 is 0. The fourth-order valence-electron chi connectivity index (χ4n) is 4.12. The van der Waals surface area contributed by atoms with Crippen LogP contribution in [-0.2, 0) is 21.4 Å². The Hall–Kier alpha value is -2.35. The number of carbonyl (C=O) groups excluding carboxylic acids is 1. The van der Waals surface area contributed by atoms with Crippen LogP contribution in [0.25, 0.3) is 5.57 Å². The van der Waals surface area contributed by atoms with Gasteiger partial charge in [0, 0.05) is 5.41 Å². The molecule has 1 fully saturated rings. The predicted molar refractivity (Wildman–Crippen MR) is 100 cm³/mol. The van der Waals surface area contributed by atoms with Crippen LogP contribution in [0.4, 0.5) is 0 Å². The molecule has 1 saturated carbocycles. The summed E-state index contributed by atoms with van der Waals surface area (Å²) in [6.45, 7) is 4.34. The van der Waals surface area contributed by atoms with Gasteiger partial charge in [0.15, 0.2) is 0 Å². The van der Waals surface area contributed by atoms with Crippen molar-refractivity contribution < 1.29 is 9.53 Å². The number of hydrogen-bond acceptors (Lipinski definition) is 2. The Morgan fingerprint density at radius 3 is 2.48 bits per heavy atom. The van der Waals surface area contributed by atoms with E-state index in [2.05, 4.69) is 55.5 Å². The van der Waals surface area contributed by atoms with E-state index >= 15 is 0 Å². The van der Waals surface area contributed by atoms with Gasteiger partial charge in [0.1, 0.15) is 0 Å². The maximum absolute atomic E-state index is 12.5. The first-order valence-corrected chi connectivity index (χ1v) is 9.22. The molecule has 0 aliphatic heterocycles. The average molecular weight is 332 g/mol. The molecule has 0 amide bonds. The molecule has 2 aromatic rings. The Bertz CT molecular complexity index is 842. The lowest BCUT2D eigenvalue weighted by atomic mass is 9.81. The molecule has 0 spiro atoms. The third-order valence-corrected chi connectivity index (χ3v) is 5.68. The van der Waals surface area contributed by atoms with Crippen molar-refractivity contribution in [1.82, 2.24) is 0 Å². The van der Waals surface area contributed by atoms with Crippen LogP contribution in [0.5, 0.6) is 0 Å². The molecule has 0 heterocycles. The molecule has 0 atom stereocenters. The molecule has 0 N–H and O–H groups in total. The van der Waals surface area contributed by atoms with Crippen LogP contribution in [0.1, 0.15) is 55.4 Å². The summed E-state index contributed by atoms with van der Waals surface area (Å²) in [5.41, 5.74) is 7.12. The zero-order valence-corrected chi connectivity index (χ0v) is 15.0. The first kappa shape index (κ1) is 16.1. The molecule has 0 saturated heterocycles. The quantitative estimate of drug-likeness (QED) is 0.732. The summed E-state index contributed by atoms with van der Waals surface area (Å²) in [5, 5.41) is 0. The summed E-state index contributed by atoms with van der Waals surface area (Å²) in [4.78, 5) is 12.5. The van der Waals surface area contributed by atoms with E-state index < -0.39 is 0 Å². The van der Waals surface area contributed by atoms with Crippen molar-refractivity contribution >= 4 is 11.5 Å². The predicted octanol–water partition coefficient (Wildman–Crippen LogP) is 5.05. The Morgan fingerprint density at radius 1 is 1.04 bits per heavy atom. The highest BCUT2D eigenvalue weighted by Crippen LogP contribution is 2.54. The van der Waals surface area contributed by atoms with Crippen LogP contribution >= 0.6 is 0 Å². The first-order valence-electron chi connectivity index (χ1n) is 9.22. The molecule has 0 aromatic heterocycles. The van der Waals surface area contributed by atoms with Gasteiger partial charge in [-0.2, -0.15) is 0 Å². The normalized spacial score (nSPS) is 17.8.